The van der Waals surface area contributed by atoms with Gasteiger partial charge in [0, 0.05) is 24.5 Å². The van der Waals surface area contributed by atoms with Crippen LogP contribution in [0.5, 0.6) is 0 Å². The molecular formula is C23H24N4O4S. The van der Waals surface area contributed by atoms with Crippen LogP contribution >= 0.6 is 11.3 Å². The maximum atomic E-state index is 13.2. The van der Waals surface area contributed by atoms with Crippen LogP contribution in [-0.4, -0.2) is 56.1 Å². The summed E-state index contributed by atoms with van der Waals surface area (Å²) >= 11 is 1.21. The molecule has 2 aromatic rings. The number of nitrogens with one attached hydrogen (secondary N) is 3. The van der Waals surface area contributed by atoms with Crippen LogP contribution in [0.25, 0.3) is 0 Å². The van der Waals surface area contributed by atoms with E-state index in [0.29, 0.717) is 48.1 Å². The number of terminal acetylenes is 1. The van der Waals surface area contributed by atoms with Crippen molar-refractivity contribution >= 4 is 40.4 Å². The minimum atomic E-state index is -1.07. The number of carbonyl (C=O) groups excluding carboxylic acids is 3. The maximum Gasteiger partial charge on any atom is 0.262 e. The maximum absolute atomic E-state index is 13.2. The summed E-state index contributed by atoms with van der Waals surface area (Å²) in [7, 11) is 0. The Balaban J connectivity index is 1.49. The van der Waals surface area contributed by atoms with Gasteiger partial charge in [-0.2, -0.15) is 0 Å². The number of morpholine rings is 1. The van der Waals surface area contributed by atoms with Crippen molar-refractivity contribution in [3.8, 4) is 12.3 Å². The van der Waals surface area contributed by atoms with Crippen LogP contribution in [-0.2, 0) is 14.3 Å². The standard InChI is InChI=1S/C23H24N4O4S/c1-3-17-5-7-19(32-17)21(29)26-23(8-9-24-14-23)22(30)25-16-4-6-18(15(2)12-16)27-10-11-31-13-20(27)28/h1,4-7,12,24H,8-11,13-14H2,2H3,(H,25,30)(H,26,29). The Labute approximate surface area is 190 Å². The molecule has 0 spiro atoms. The number of benzene rings is 1. The molecule has 32 heavy (non-hydrogen) atoms. The molecule has 3 amide bonds. The van der Waals surface area contributed by atoms with Crippen molar-refractivity contribution in [3.05, 3.63) is 45.6 Å². The second kappa shape index (κ2) is 9.12. The first-order valence-corrected chi connectivity index (χ1v) is 11.1. The van der Waals surface area contributed by atoms with Crippen LogP contribution in [0.3, 0.4) is 0 Å². The molecule has 0 bridgehead atoms. The summed E-state index contributed by atoms with van der Waals surface area (Å²) in [5.41, 5.74) is 1.19. The Bertz CT molecular complexity index is 1100. The average Bonchev–Trinajstić information content (AvgIpc) is 3.45. The molecule has 1 atom stereocenters. The Morgan fingerprint density at radius 1 is 1.31 bits per heavy atom. The van der Waals surface area contributed by atoms with E-state index in [-0.39, 0.29) is 24.3 Å². The second-order valence-electron chi connectivity index (χ2n) is 7.82. The lowest BCUT2D eigenvalue weighted by Gasteiger charge is -2.29. The molecule has 2 aliphatic rings. The van der Waals surface area contributed by atoms with Crippen molar-refractivity contribution in [1.82, 2.24) is 10.6 Å². The number of rotatable bonds is 5. The summed E-state index contributed by atoms with van der Waals surface area (Å²) in [6, 6.07) is 8.78. The van der Waals surface area contributed by atoms with Gasteiger partial charge in [-0.05, 0) is 55.8 Å². The molecule has 1 unspecified atom stereocenters. The third-order valence-electron chi connectivity index (χ3n) is 5.65. The van der Waals surface area contributed by atoms with Crippen molar-refractivity contribution in [3.63, 3.8) is 0 Å². The van der Waals surface area contributed by atoms with E-state index < -0.39 is 5.54 Å². The van der Waals surface area contributed by atoms with E-state index in [4.69, 9.17) is 11.2 Å². The first kappa shape index (κ1) is 22.0. The highest BCUT2D eigenvalue weighted by Gasteiger charge is 2.43. The van der Waals surface area contributed by atoms with Gasteiger partial charge < -0.3 is 25.6 Å². The van der Waals surface area contributed by atoms with E-state index in [0.717, 1.165) is 11.3 Å². The molecule has 3 N–H and O–H groups in total. The number of anilines is 2. The molecule has 2 fully saturated rings. The molecule has 2 saturated heterocycles. The van der Waals surface area contributed by atoms with Gasteiger partial charge in [-0.1, -0.05) is 5.92 Å². The fourth-order valence-electron chi connectivity index (χ4n) is 3.93. The zero-order valence-corrected chi connectivity index (χ0v) is 18.5. The van der Waals surface area contributed by atoms with E-state index >= 15 is 0 Å². The van der Waals surface area contributed by atoms with Crippen LogP contribution in [0.15, 0.2) is 30.3 Å². The van der Waals surface area contributed by atoms with E-state index in [9.17, 15) is 14.4 Å². The topological polar surface area (TPSA) is 99.8 Å². The Hall–Kier alpha value is -3.19. The molecule has 2 aliphatic heterocycles. The summed E-state index contributed by atoms with van der Waals surface area (Å²) in [6.45, 7) is 3.90. The normalized spacial score (nSPS) is 20.6. The molecule has 1 aromatic heterocycles. The van der Waals surface area contributed by atoms with Crippen molar-refractivity contribution in [2.24, 2.45) is 0 Å². The lowest BCUT2D eigenvalue weighted by Crippen LogP contribution is -2.58. The van der Waals surface area contributed by atoms with Gasteiger partial charge >= 0.3 is 0 Å². The fraction of sp³-hybridized carbons (Fsp3) is 0.348. The highest BCUT2D eigenvalue weighted by molar-refractivity contribution is 7.14. The zero-order chi connectivity index (χ0) is 22.7. The molecule has 9 heteroatoms. The largest absolute Gasteiger partial charge is 0.370 e. The third-order valence-corrected chi connectivity index (χ3v) is 6.66. The molecule has 1 aromatic carbocycles. The molecule has 166 valence electrons. The smallest absolute Gasteiger partial charge is 0.262 e. The van der Waals surface area contributed by atoms with Gasteiger partial charge in [0.05, 0.1) is 16.4 Å². The molecule has 8 nitrogen and oxygen atoms in total. The van der Waals surface area contributed by atoms with Crippen molar-refractivity contribution in [1.29, 1.82) is 0 Å². The van der Waals surface area contributed by atoms with Crippen molar-refractivity contribution < 1.29 is 19.1 Å². The summed E-state index contributed by atoms with van der Waals surface area (Å²) < 4.78 is 5.19. The predicted octanol–water partition coefficient (Wildman–Crippen LogP) is 1.50. The molecule has 0 aliphatic carbocycles. The summed E-state index contributed by atoms with van der Waals surface area (Å²) in [5, 5.41) is 9.00. The lowest BCUT2D eigenvalue weighted by molar-refractivity contribution is -0.125. The minimum Gasteiger partial charge on any atom is -0.370 e. The molecule has 0 saturated carbocycles. The highest BCUT2D eigenvalue weighted by Crippen LogP contribution is 2.27. The zero-order valence-electron chi connectivity index (χ0n) is 17.7. The van der Waals surface area contributed by atoms with Gasteiger partial charge in [0.1, 0.15) is 12.1 Å². The van der Waals surface area contributed by atoms with E-state index in [1.807, 2.05) is 19.1 Å². The summed E-state index contributed by atoms with van der Waals surface area (Å²) in [5.74, 6) is 1.81. The number of hydrogen-bond donors (Lipinski definition) is 3. The van der Waals surface area contributed by atoms with Crippen molar-refractivity contribution in [2.75, 3.05) is 43.1 Å². The minimum absolute atomic E-state index is 0.0697. The quantitative estimate of drug-likeness (QED) is 0.597. The van der Waals surface area contributed by atoms with Gasteiger partial charge in [-0.25, -0.2) is 0 Å². The summed E-state index contributed by atoms with van der Waals surface area (Å²) in [4.78, 5) is 41.0. The number of carbonyl (C=O) groups is 3. The first-order valence-electron chi connectivity index (χ1n) is 10.3. The number of amides is 3. The molecule has 0 radical (unpaired) electrons. The average molecular weight is 453 g/mol. The van der Waals surface area contributed by atoms with Crippen molar-refractivity contribution in [2.45, 2.75) is 18.9 Å². The van der Waals surface area contributed by atoms with Crippen LogP contribution in [0.2, 0.25) is 0 Å². The molecule has 3 heterocycles. The van der Waals surface area contributed by atoms with Gasteiger partial charge in [-0.15, -0.1) is 17.8 Å². The third kappa shape index (κ3) is 4.39. The fourth-order valence-corrected chi connectivity index (χ4v) is 4.64. The van der Waals surface area contributed by atoms with E-state index in [1.165, 1.54) is 11.3 Å². The Morgan fingerprint density at radius 3 is 2.81 bits per heavy atom. The number of thiophene rings is 1. The van der Waals surface area contributed by atoms with Crippen LogP contribution in [0, 0.1) is 19.3 Å². The number of nitrogens with zero attached hydrogens (tertiary/aromatic N) is 1. The predicted molar refractivity (Wildman–Crippen MR) is 123 cm³/mol. The monoisotopic (exact) mass is 452 g/mol. The number of ether oxygens (including phenoxy) is 1. The Kier molecular flexibility index (Phi) is 6.28. The van der Waals surface area contributed by atoms with Crippen LogP contribution in [0.4, 0.5) is 11.4 Å². The highest BCUT2D eigenvalue weighted by atomic mass is 32.1. The van der Waals surface area contributed by atoms with Crippen LogP contribution in [0.1, 0.15) is 26.5 Å². The first-order chi connectivity index (χ1) is 15.4. The van der Waals surface area contributed by atoms with E-state index in [1.54, 1.807) is 23.1 Å². The van der Waals surface area contributed by atoms with Gasteiger partial charge in [-0.3, -0.25) is 14.4 Å². The molecular weight excluding hydrogens is 428 g/mol. The second-order valence-corrected chi connectivity index (χ2v) is 8.91. The summed E-state index contributed by atoms with van der Waals surface area (Å²) in [6.07, 6.45) is 5.86. The van der Waals surface area contributed by atoms with Gasteiger partial charge in [0.15, 0.2) is 0 Å². The Morgan fingerprint density at radius 2 is 2.16 bits per heavy atom. The SMILES string of the molecule is C#Cc1ccc(C(=O)NC2(C(=O)Nc3ccc(N4CCOCC4=O)c(C)c3)CCNC2)s1. The van der Waals surface area contributed by atoms with Gasteiger partial charge in [0.2, 0.25) is 0 Å². The number of hydrogen-bond acceptors (Lipinski definition) is 6. The van der Waals surface area contributed by atoms with E-state index in [2.05, 4.69) is 21.9 Å². The lowest BCUT2D eigenvalue weighted by atomic mass is 9.96. The van der Waals surface area contributed by atoms with Gasteiger partial charge in [0.25, 0.3) is 17.7 Å². The number of aryl methyl sites for hydroxylation is 1. The molecule has 4 rings (SSSR count). The van der Waals surface area contributed by atoms with Crippen LogP contribution < -0.4 is 20.9 Å².